The Labute approximate surface area is 169 Å². The highest BCUT2D eigenvalue weighted by Gasteiger charge is 2.26. The topological polar surface area (TPSA) is 63.7 Å². The third kappa shape index (κ3) is 4.41. The van der Waals surface area contributed by atoms with Crippen LogP contribution >= 0.6 is 11.3 Å². The van der Waals surface area contributed by atoms with Crippen LogP contribution in [0.4, 0.5) is 5.13 Å². The fourth-order valence-electron chi connectivity index (χ4n) is 3.72. The van der Waals surface area contributed by atoms with Crippen molar-refractivity contribution in [1.29, 1.82) is 0 Å². The molecule has 7 heteroatoms. The molecule has 28 heavy (non-hydrogen) atoms. The minimum Gasteiger partial charge on any atom is -0.494 e. The van der Waals surface area contributed by atoms with Gasteiger partial charge >= 0.3 is 0 Å². The molecule has 2 aliphatic heterocycles. The molecule has 3 heterocycles. The number of amides is 1. The number of aromatic nitrogens is 1. The molecule has 1 atom stereocenters. The van der Waals surface area contributed by atoms with Crippen LogP contribution in [0.1, 0.15) is 31.0 Å². The Balaban J connectivity index is 1.27. The Morgan fingerprint density at radius 2 is 2.25 bits per heavy atom. The second kappa shape index (κ2) is 8.82. The minimum absolute atomic E-state index is 0.0439. The fourth-order valence-corrected chi connectivity index (χ4v) is 4.63. The van der Waals surface area contributed by atoms with Gasteiger partial charge in [-0.3, -0.25) is 4.79 Å². The van der Waals surface area contributed by atoms with Gasteiger partial charge in [0.25, 0.3) is 0 Å². The van der Waals surface area contributed by atoms with Gasteiger partial charge in [-0.1, -0.05) is 0 Å². The molecular weight excluding hydrogens is 374 g/mol. The number of hydrogen-bond acceptors (Lipinski definition) is 6. The second-order valence-corrected chi connectivity index (χ2v) is 8.11. The van der Waals surface area contributed by atoms with E-state index < -0.39 is 0 Å². The van der Waals surface area contributed by atoms with Gasteiger partial charge in [0.1, 0.15) is 18.1 Å². The highest BCUT2D eigenvalue weighted by molar-refractivity contribution is 7.13. The van der Waals surface area contributed by atoms with Crippen molar-refractivity contribution in [3.63, 3.8) is 0 Å². The maximum atomic E-state index is 12.6. The highest BCUT2D eigenvalue weighted by atomic mass is 32.1. The summed E-state index contributed by atoms with van der Waals surface area (Å²) in [5.74, 6) is 1.55. The van der Waals surface area contributed by atoms with E-state index in [1.165, 1.54) is 12.8 Å². The normalized spacial score (nSPS) is 18.5. The summed E-state index contributed by atoms with van der Waals surface area (Å²) in [4.78, 5) is 19.6. The lowest BCUT2D eigenvalue weighted by Gasteiger charge is -2.25. The predicted molar refractivity (Wildman–Crippen MR) is 111 cm³/mol. The van der Waals surface area contributed by atoms with Crippen LogP contribution < -0.4 is 19.7 Å². The van der Waals surface area contributed by atoms with E-state index in [2.05, 4.69) is 15.6 Å². The molecule has 2 aromatic rings. The summed E-state index contributed by atoms with van der Waals surface area (Å²) < 4.78 is 11.3. The molecule has 1 fully saturated rings. The lowest BCUT2D eigenvalue weighted by Crippen LogP contribution is -2.38. The molecule has 0 bridgehead atoms. The molecule has 1 aromatic carbocycles. The highest BCUT2D eigenvalue weighted by Crippen LogP contribution is 2.31. The molecule has 1 unspecified atom stereocenters. The van der Waals surface area contributed by atoms with E-state index in [0.29, 0.717) is 26.2 Å². The Kier molecular flexibility index (Phi) is 6.00. The zero-order chi connectivity index (χ0) is 19.3. The largest absolute Gasteiger partial charge is 0.494 e. The second-order valence-electron chi connectivity index (χ2n) is 7.27. The quantitative estimate of drug-likeness (QED) is 0.773. The van der Waals surface area contributed by atoms with Gasteiger partial charge in [-0.05, 0) is 49.9 Å². The molecule has 1 aromatic heterocycles. The van der Waals surface area contributed by atoms with Crippen LogP contribution in [-0.4, -0.2) is 43.7 Å². The number of ether oxygens (including phenoxy) is 2. The Morgan fingerprint density at radius 1 is 1.39 bits per heavy atom. The van der Waals surface area contributed by atoms with Crippen molar-refractivity contribution in [2.45, 2.75) is 32.6 Å². The smallest absolute Gasteiger partial charge is 0.226 e. The van der Waals surface area contributed by atoms with Gasteiger partial charge in [0.05, 0.1) is 18.2 Å². The number of rotatable bonds is 7. The zero-order valence-corrected chi connectivity index (χ0v) is 17.1. The first-order valence-corrected chi connectivity index (χ1v) is 11.0. The van der Waals surface area contributed by atoms with Gasteiger partial charge in [-0.25, -0.2) is 4.98 Å². The van der Waals surface area contributed by atoms with Crippen LogP contribution in [-0.2, 0) is 17.6 Å². The Bertz CT molecular complexity index is 817. The van der Waals surface area contributed by atoms with Crippen molar-refractivity contribution < 1.29 is 14.3 Å². The van der Waals surface area contributed by atoms with Gasteiger partial charge in [0.2, 0.25) is 5.91 Å². The van der Waals surface area contributed by atoms with E-state index in [1.54, 1.807) is 11.3 Å². The van der Waals surface area contributed by atoms with Crippen LogP contribution in [0.15, 0.2) is 23.6 Å². The maximum absolute atomic E-state index is 12.6. The van der Waals surface area contributed by atoms with Crippen molar-refractivity contribution in [3.8, 4) is 11.5 Å². The molecule has 2 aliphatic rings. The van der Waals surface area contributed by atoms with Gasteiger partial charge in [-0.2, -0.15) is 0 Å². The summed E-state index contributed by atoms with van der Waals surface area (Å²) in [5.41, 5.74) is 2.09. The number of fused-ring (bicyclic) bond motifs is 1. The SMILES string of the molecule is CCOc1ccc2c(c1)CC(C(=O)NCCc1csc(N3CCCC3)n1)CO2. The summed E-state index contributed by atoms with van der Waals surface area (Å²) in [6.45, 7) is 5.82. The van der Waals surface area contributed by atoms with Crippen molar-refractivity contribution in [2.24, 2.45) is 5.92 Å². The molecule has 6 nitrogen and oxygen atoms in total. The van der Waals surface area contributed by atoms with Crippen LogP contribution in [0.5, 0.6) is 11.5 Å². The summed E-state index contributed by atoms with van der Waals surface area (Å²) in [6, 6.07) is 5.81. The van der Waals surface area contributed by atoms with E-state index in [0.717, 1.165) is 47.4 Å². The van der Waals surface area contributed by atoms with Crippen LogP contribution in [0.2, 0.25) is 0 Å². The molecular formula is C21H27N3O3S. The lowest BCUT2D eigenvalue weighted by atomic mass is 9.95. The first-order chi connectivity index (χ1) is 13.7. The maximum Gasteiger partial charge on any atom is 0.226 e. The molecule has 0 saturated carbocycles. The third-order valence-electron chi connectivity index (χ3n) is 5.22. The number of nitrogens with one attached hydrogen (secondary N) is 1. The average Bonchev–Trinajstić information content (AvgIpc) is 3.39. The average molecular weight is 402 g/mol. The van der Waals surface area contributed by atoms with Crippen LogP contribution in [0.25, 0.3) is 0 Å². The van der Waals surface area contributed by atoms with E-state index >= 15 is 0 Å². The molecule has 150 valence electrons. The summed E-state index contributed by atoms with van der Waals surface area (Å²) in [7, 11) is 0. The first kappa shape index (κ1) is 19.1. The summed E-state index contributed by atoms with van der Waals surface area (Å²) in [6.07, 6.45) is 3.94. The number of anilines is 1. The van der Waals surface area contributed by atoms with Crippen molar-refractivity contribution in [2.75, 3.05) is 37.7 Å². The number of nitrogens with zero attached hydrogens (tertiary/aromatic N) is 2. The van der Waals surface area contributed by atoms with Crippen molar-refractivity contribution in [3.05, 3.63) is 34.8 Å². The van der Waals surface area contributed by atoms with Gasteiger partial charge in [-0.15, -0.1) is 11.3 Å². The van der Waals surface area contributed by atoms with Crippen LogP contribution in [0.3, 0.4) is 0 Å². The monoisotopic (exact) mass is 401 g/mol. The summed E-state index contributed by atoms with van der Waals surface area (Å²) >= 11 is 1.70. The number of carbonyl (C=O) groups is 1. The number of hydrogen-bond donors (Lipinski definition) is 1. The Morgan fingerprint density at radius 3 is 3.07 bits per heavy atom. The third-order valence-corrected chi connectivity index (χ3v) is 6.17. The number of thiazole rings is 1. The molecule has 0 aliphatic carbocycles. The summed E-state index contributed by atoms with van der Waals surface area (Å²) in [5, 5.41) is 6.27. The predicted octanol–water partition coefficient (Wildman–Crippen LogP) is 3.05. The molecule has 4 rings (SSSR count). The first-order valence-electron chi connectivity index (χ1n) is 10.1. The lowest BCUT2D eigenvalue weighted by molar-refractivity contribution is -0.126. The molecule has 1 N–H and O–H groups in total. The van der Waals surface area contributed by atoms with Crippen LogP contribution in [0, 0.1) is 5.92 Å². The van der Waals surface area contributed by atoms with E-state index in [-0.39, 0.29) is 11.8 Å². The van der Waals surface area contributed by atoms with Gasteiger partial charge < -0.3 is 19.7 Å². The molecule has 1 saturated heterocycles. The van der Waals surface area contributed by atoms with Gasteiger partial charge in [0, 0.05) is 31.4 Å². The number of carbonyl (C=O) groups excluding carboxylic acids is 1. The van der Waals surface area contributed by atoms with E-state index in [1.807, 2.05) is 25.1 Å². The molecule has 1 amide bonds. The minimum atomic E-state index is -0.167. The fraction of sp³-hybridized carbons (Fsp3) is 0.524. The standard InChI is InChI=1S/C21H27N3O3S/c1-2-26-18-5-6-19-15(12-18)11-16(13-27-19)20(25)22-8-7-17-14-28-21(23-17)24-9-3-4-10-24/h5-6,12,14,16H,2-4,7-11,13H2,1H3,(H,22,25). The molecule has 0 radical (unpaired) electrons. The Hall–Kier alpha value is -2.28. The molecule has 0 spiro atoms. The zero-order valence-electron chi connectivity index (χ0n) is 16.3. The number of benzene rings is 1. The van der Waals surface area contributed by atoms with Gasteiger partial charge in [0.15, 0.2) is 5.13 Å². The van der Waals surface area contributed by atoms with Crippen molar-refractivity contribution in [1.82, 2.24) is 10.3 Å². The van der Waals surface area contributed by atoms with Crippen molar-refractivity contribution >= 4 is 22.4 Å². The van der Waals surface area contributed by atoms with E-state index in [9.17, 15) is 4.79 Å². The van der Waals surface area contributed by atoms with E-state index in [4.69, 9.17) is 14.5 Å².